The number of rotatable bonds is 3. The van der Waals surface area contributed by atoms with Crippen LogP contribution in [0, 0.1) is 5.92 Å². The lowest BCUT2D eigenvalue weighted by molar-refractivity contribution is -0.110. The monoisotopic (exact) mass is 218 g/mol. The average molecular weight is 218 g/mol. The van der Waals surface area contributed by atoms with Crippen LogP contribution >= 0.6 is 0 Å². The lowest BCUT2D eigenvalue weighted by Crippen LogP contribution is -2.44. The normalized spacial score (nSPS) is 9.87. The maximum atomic E-state index is 10.7. The molecule has 1 atom stereocenters. The zero-order chi connectivity index (χ0) is 12.9. The van der Waals surface area contributed by atoms with Crippen LogP contribution in [0.5, 0.6) is 0 Å². The zero-order valence-corrected chi connectivity index (χ0v) is 11.0. The predicted molar refractivity (Wildman–Crippen MR) is 65.0 cm³/mol. The van der Waals surface area contributed by atoms with Crippen LogP contribution in [0.1, 0.15) is 41.5 Å². The summed E-state index contributed by atoms with van der Waals surface area (Å²) in [6.07, 6.45) is 0.736. The molecule has 0 aromatic carbocycles. The maximum absolute atomic E-state index is 10.7. The molecule has 0 aliphatic rings. The van der Waals surface area contributed by atoms with E-state index in [1.54, 1.807) is 0 Å². The third-order valence-corrected chi connectivity index (χ3v) is 1.39. The molecule has 0 spiro atoms. The fraction of sp³-hybridized carbons (Fsp3) is 0.818. The molecule has 4 heteroatoms. The average Bonchev–Trinajstić information content (AvgIpc) is 2.30. The number of carbonyl (C=O) groups excluding carboxylic acids is 2. The Bertz CT molecular complexity index is 148. The molecule has 0 radical (unpaired) electrons. The number of urea groups is 1. The van der Waals surface area contributed by atoms with Gasteiger partial charge in [0.2, 0.25) is 0 Å². The minimum Gasteiger partial charge on any atom is -0.341 e. The lowest BCUT2D eigenvalue weighted by atomic mass is 10.1. The Balaban J connectivity index is -0.000000318. The van der Waals surface area contributed by atoms with Gasteiger partial charge in [-0.25, -0.2) is 4.79 Å². The topological polar surface area (TPSA) is 58.2 Å². The number of nitrogens with one attached hydrogen (secondary N) is 2. The van der Waals surface area contributed by atoms with Gasteiger partial charge in [-0.1, -0.05) is 41.5 Å². The molecule has 0 aromatic rings. The molecule has 1 unspecified atom stereocenters. The molecule has 0 heterocycles. The Labute approximate surface area is 93.8 Å². The minimum absolute atomic E-state index is 0.129. The van der Waals surface area contributed by atoms with E-state index < -0.39 is 6.04 Å². The maximum Gasteiger partial charge on any atom is 0.315 e. The van der Waals surface area contributed by atoms with Gasteiger partial charge in [0.25, 0.3) is 0 Å². The molecular formula is C11H26N2O2. The number of amides is 2. The van der Waals surface area contributed by atoms with Gasteiger partial charge in [-0.3, -0.25) is 0 Å². The molecule has 0 fully saturated rings. The molecular weight excluding hydrogens is 192 g/mol. The summed E-state index contributed by atoms with van der Waals surface area (Å²) in [7, 11) is 1.51. The van der Waals surface area contributed by atoms with Crippen LogP contribution in [0.25, 0.3) is 0 Å². The van der Waals surface area contributed by atoms with E-state index in [2.05, 4.69) is 10.6 Å². The highest BCUT2D eigenvalue weighted by molar-refractivity contribution is 5.77. The van der Waals surface area contributed by atoms with Crippen LogP contribution in [0.4, 0.5) is 4.79 Å². The lowest BCUT2D eigenvalue weighted by Gasteiger charge is -2.15. The molecule has 4 nitrogen and oxygen atoms in total. The second-order valence-corrected chi connectivity index (χ2v) is 2.63. The summed E-state index contributed by atoms with van der Waals surface area (Å²) in [6.45, 7) is 11.7. The standard InChI is InChI=1S/C7H14N2O2.2C2H6/c1-5(2)6(4-10)9-7(11)8-3;2*1-2/h4-6H,1-3H3,(H2,8,9,11);2*1-2H3. The Morgan fingerprint density at radius 1 is 1.13 bits per heavy atom. The molecule has 2 N–H and O–H groups in total. The van der Waals surface area contributed by atoms with Crippen LogP contribution < -0.4 is 10.6 Å². The Morgan fingerprint density at radius 3 is 1.73 bits per heavy atom. The van der Waals surface area contributed by atoms with Crippen molar-refractivity contribution in [1.82, 2.24) is 10.6 Å². The second-order valence-electron chi connectivity index (χ2n) is 2.63. The fourth-order valence-corrected chi connectivity index (χ4v) is 0.581. The van der Waals surface area contributed by atoms with E-state index in [-0.39, 0.29) is 11.9 Å². The van der Waals surface area contributed by atoms with Crippen molar-refractivity contribution in [1.29, 1.82) is 0 Å². The fourth-order valence-electron chi connectivity index (χ4n) is 0.581. The largest absolute Gasteiger partial charge is 0.341 e. The first kappa shape index (κ1) is 19.5. The van der Waals surface area contributed by atoms with E-state index in [1.807, 2.05) is 41.5 Å². The Morgan fingerprint density at radius 2 is 1.53 bits per heavy atom. The van der Waals surface area contributed by atoms with Crippen molar-refractivity contribution >= 4 is 12.3 Å². The number of hydrogen-bond donors (Lipinski definition) is 2. The van der Waals surface area contributed by atoms with Crippen molar-refractivity contribution in [3.05, 3.63) is 0 Å². The van der Waals surface area contributed by atoms with Gasteiger partial charge < -0.3 is 15.4 Å². The first-order valence-corrected chi connectivity index (χ1v) is 5.55. The third-order valence-electron chi connectivity index (χ3n) is 1.39. The molecule has 15 heavy (non-hydrogen) atoms. The number of aldehydes is 1. The summed E-state index contributed by atoms with van der Waals surface area (Å²) < 4.78 is 0. The highest BCUT2D eigenvalue weighted by atomic mass is 16.2. The summed E-state index contributed by atoms with van der Waals surface area (Å²) in [4.78, 5) is 21.1. The Hall–Kier alpha value is -1.06. The molecule has 0 bridgehead atoms. The van der Waals surface area contributed by atoms with Crippen molar-refractivity contribution in [3.8, 4) is 0 Å². The summed E-state index contributed by atoms with van der Waals surface area (Å²) in [5, 5.41) is 4.87. The van der Waals surface area contributed by atoms with E-state index >= 15 is 0 Å². The smallest absolute Gasteiger partial charge is 0.315 e. The predicted octanol–water partition coefficient (Wildman–Crippen LogP) is 2.19. The molecule has 0 saturated carbocycles. The first-order valence-electron chi connectivity index (χ1n) is 5.55. The molecule has 0 aliphatic carbocycles. The summed E-state index contributed by atoms with van der Waals surface area (Å²) in [5.74, 6) is 0.129. The van der Waals surface area contributed by atoms with Crippen molar-refractivity contribution in [2.24, 2.45) is 5.92 Å². The van der Waals surface area contributed by atoms with E-state index in [1.165, 1.54) is 7.05 Å². The van der Waals surface area contributed by atoms with Crippen LogP contribution in [0.15, 0.2) is 0 Å². The molecule has 0 rings (SSSR count). The highest BCUT2D eigenvalue weighted by Crippen LogP contribution is 1.97. The van der Waals surface area contributed by atoms with E-state index in [4.69, 9.17) is 0 Å². The van der Waals surface area contributed by atoms with Crippen molar-refractivity contribution < 1.29 is 9.59 Å². The van der Waals surface area contributed by atoms with Gasteiger partial charge >= 0.3 is 6.03 Å². The number of carbonyl (C=O) groups is 2. The molecule has 0 aliphatic heterocycles. The van der Waals surface area contributed by atoms with Crippen LogP contribution in [0.3, 0.4) is 0 Å². The Kier molecular flexibility index (Phi) is 20.0. The van der Waals surface area contributed by atoms with E-state index in [0.29, 0.717) is 0 Å². The highest BCUT2D eigenvalue weighted by Gasteiger charge is 2.13. The van der Waals surface area contributed by atoms with Crippen molar-refractivity contribution in [3.63, 3.8) is 0 Å². The van der Waals surface area contributed by atoms with Crippen LogP contribution in [-0.4, -0.2) is 25.4 Å². The van der Waals surface area contributed by atoms with Crippen molar-refractivity contribution in [2.45, 2.75) is 47.6 Å². The molecule has 2 amide bonds. The summed E-state index contributed by atoms with van der Waals surface area (Å²) in [6, 6.07) is -0.717. The first-order chi connectivity index (χ1) is 7.11. The van der Waals surface area contributed by atoms with E-state index in [9.17, 15) is 9.59 Å². The van der Waals surface area contributed by atoms with Crippen LogP contribution in [0.2, 0.25) is 0 Å². The van der Waals surface area contributed by atoms with Gasteiger partial charge in [0.15, 0.2) is 0 Å². The molecule has 0 saturated heterocycles. The quantitative estimate of drug-likeness (QED) is 0.713. The van der Waals surface area contributed by atoms with Crippen molar-refractivity contribution in [2.75, 3.05) is 7.05 Å². The van der Waals surface area contributed by atoms with Gasteiger partial charge in [-0.15, -0.1) is 0 Å². The number of hydrogen-bond acceptors (Lipinski definition) is 2. The molecule has 0 aromatic heterocycles. The zero-order valence-electron chi connectivity index (χ0n) is 11.0. The van der Waals surface area contributed by atoms with Gasteiger partial charge in [-0.05, 0) is 5.92 Å². The summed E-state index contributed by atoms with van der Waals surface area (Å²) in [5.41, 5.74) is 0. The van der Waals surface area contributed by atoms with Crippen LogP contribution in [-0.2, 0) is 4.79 Å². The third kappa shape index (κ3) is 12.9. The second kappa shape index (κ2) is 15.4. The van der Waals surface area contributed by atoms with E-state index in [0.717, 1.165) is 6.29 Å². The molecule has 92 valence electrons. The van der Waals surface area contributed by atoms with Gasteiger partial charge in [-0.2, -0.15) is 0 Å². The summed E-state index contributed by atoms with van der Waals surface area (Å²) >= 11 is 0. The van der Waals surface area contributed by atoms with Gasteiger partial charge in [0, 0.05) is 7.05 Å². The van der Waals surface area contributed by atoms with Gasteiger partial charge in [0.05, 0.1) is 6.04 Å². The van der Waals surface area contributed by atoms with Gasteiger partial charge in [0.1, 0.15) is 6.29 Å². The minimum atomic E-state index is -0.394. The SMILES string of the molecule is CC.CC.CNC(=O)NC(C=O)C(C)C.